The van der Waals surface area contributed by atoms with Crippen LogP contribution in [0.5, 0.6) is 11.5 Å². The Morgan fingerprint density at radius 1 is 1.00 bits per heavy atom. The van der Waals surface area contributed by atoms with E-state index in [9.17, 15) is 4.79 Å². The molecule has 2 aromatic carbocycles. The summed E-state index contributed by atoms with van der Waals surface area (Å²) in [5.41, 5.74) is 2.85. The van der Waals surface area contributed by atoms with Crippen molar-refractivity contribution in [1.29, 1.82) is 0 Å². The highest BCUT2D eigenvalue weighted by molar-refractivity contribution is 5.92. The van der Waals surface area contributed by atoms with Gasteiger partial charge in [0.2, 0.25) is 5.91 Å². The van der Waals surface area contributed by atoms with Crippen LogP contribution in [-0.4, -0.2) is 26.7 Å². The van der Waals surface area contributed by atoms with Gasteiger partial charge in [0.15, 0.2) is 11.5 Å². The molecular weight excluding hydrogens is 328 g/mol. The van der Waals surface area contributed by atoms with Crippen molar-refractivity contribution in [3.8, 4) is 11.5 Å². The maximum Gasteiger partial charge on any atom is 0.226 e. The van der Waals surface area contributed by atoms with Crippen LogP contribution < -0.4 is 20.1 Å². The number of carbonyl (C=O) groups is 1. The molecule has 0 heterocycles. The van der Waals surface area contributed by atoms with Gasteiger partial charge in [-0.2, -0.15) is 0 Å². The third-order valence-corrected chi connectivity index (χ3v) is 4.07. The molecule has 5 nitrogen and oxygen atoms in total. The summed E-state index contributed by atoms with van der Waals surface area (Å²) >= 11 is 0. The van der Waals surface area contributed by atoms with Crippen molar-refractivity contribution < 1.29 is 14.3 Å². The second-order valence-electron chi connectivity index (χ2n) is 7.09. The minimum atomic E-state index is -0.0260. The minimum Gasteiger partial charge on any atom is -0.493 e. The second-order valence-corrected chi connectivity index (χ2v) is 7.09. The Kier molecular flexibility index (Phi) is 6.50. The van der Waals surface area contributed by atoms with Crippen molar-refractivity contribution in [2.24, 2.45) is 0 Å². The molecular formula is C21H28N2O3. The van der Waals surface area contributed by atoms with Crippen molar-refractivity contribution in [1.82, 2.24) is 0 Å². The van der Waals surface area contributed by atoms with E-state index in [1.54, 1.807) is 14.2 Å². The van der Waals surface area contributed by atoms with Gasteiger partial charge in [-0.25, -0.2) is 0 Å². The fraction of sp³-hybridized carbons (Fsp3) is 0.381. The van der Waals surface area contributed by atoms with Crippen LogP contribution in [0.3, 0.4) is 0 Å². The largest absolute Gasteiger partial charge is 0.493 e. The highest BCUT2D eigenvalue weighted by Gasteiger charge is 2.18. The molecule has 2 aromatic rings. The molecule has 0 aromatic heterocycles. The van der Waals surface area contributed by atoms with Crippen LogP contribution in [-0.2, 0) is 10.2 Å². The van der Waals surface area contributed by atoms with E-state index >= 15 is 0 Å². The van der Waals surface area contributed by atoms with Gasteiger partial charge in [-0.3, -0.25) is 4.79 Å². The van der Waals surface area contributed by atoms with Gasteiger partial charge < -0.3 is 20.1 Å². The van der Waals surface area contributed by atoms with Crippen LogP contribution in [0.25, 0.3) is 0 Å². The van der Waals surface area contributed by atoms with E-state index in [1.165, 1.54) is 0 Å². The molecule has 0 aliphatic heterocycles. The van der Waals surface area contributed by atoms with E-state index in [4.69, 9.17) is 9.47 Å². The normalized spacial score (nSPS) is 11.0. The summed E-state index contributed by atoms with van der Waals surface area (Å²) in [5, 5.41) is 6.26. The number of anilines is 2. The number of hydrogen-bond donors (Lipinski definition) is 2. The summed E-state index contributed by atoms with van der Waals surface area (Å²) in [7, 11) is 3.20. The van der Waals surface area contributed by atoms with Gasteiger partial charge >= 0.3 is 0 Å². The number of ether oxygens (including phenoxy) is 2. The number of rotatable bonds is 7. The minimum absolute atomic E-state index is 0.0188. The molecule has 5 heteroatoms. The molecule has 0 saturated carbocycles. The topological polar surface area (TPSA) is 59.6 Å². The smallest absolute Gasteiger partial charge is 0.226 e. The van der Waals surface area contributed by atoms with Gasteiger partial charge in [-0.1, -0.05) is 39.0 Å². The number of para-hydroxylation sites is 1. The monoisotopic (exact) mass is 356 g/mol. The fourth-order valence-corrected chi connectivity index (χ4v) is 2.73. The van der Waals surface area contributed by atoms with Crippen LogP contribution in [0, 0.1) is 0 Å². The SMILES string of the molecule is COc1ccc(NCCC(=O)Nc2ccccc2C(C)(C)C)cc1OC. The zero-order chi connectivity index (χ0) is 19.2. The number of benzene rings is 2. The predicted octanol–water partition coefficient (Wildman–Crippen LogP) is 4.44. The summed E-state index contributed by atoms with van der Waals surface area (Å²) in [6.45, 7) is 6.93. The molecule has 26 heavy (non-hydrogen) atoms. The molecule has 0 spiro atoms. The number of amides is 1. The Morgan fingerprint density at radius 2 is 1.69 bits per heavy atom. The Morgan fingerprint density at radius 3 is 2.35 bits per heavy atom. The van der Waals surface area contributed by atoms with Crippen LogP contribution >= 0.6 is 0 Å². The fourth-order valence-electron chi connectivity index (χ4n) is 2.73. The maximum atomic E-state index is 12.3. The van der Waals surface area contributed by atoms with Crippen LogP contribution in [0.1, 0.15) is 32.8 Å². The van der Waals surface area contributed by atoms with E-state index in [1.807, 2.05) is 36.4 Å². The van der Waals surface area contributed by atoms with E-state index in [2.05, 4.69) is 37.5 Å². The van der Waals surface area contributed by atoms with Gasteiger partial charge in [-0.15, -0.1) is 0 Å². The van der Waals surface area contributed by atoms with E-state index in [-0.39, 0.29) is 11.3 Å². The predicted molar refractivity (Wildman–Crippen MR) is 106 cm³/mol. The lowest BCUT2D eigenvalue weighted by Crippen LogP contribution is -2.20. The molecule has 0 aliphatic carbocycles. The molecule has 0 aliphatic rings. The summed E-state index contributed by atoms with van der Waals surface area (Å²) in [6.07, 6.45) is 0.368. The van der Waals surface area contributed by atoms with Crippen molar-refractivity contribution in [2.45, 2.75) is 32.6 Å². The van der Waals surface area contributed by atoms with Crippen molar-refractivity contribution in [3.63, 3.8) is 0 Å². The third kappa shape index (κ3) is 5.15. The third-order valence-electron chi connectivity index (χ3n) is 4.07. The lowest BCUT2D eigenvalue weighted by Gasteiger charge is -2.23. The molecule has 0 saturated heterocycles. The Balaban J connectivity index is 1.92. The van der Waals surface area contributed by atoms with Gasteiger partial charge in [0.05, 0.1) is 14.2 Å². The molecule has 0 bridgehead atoms. The first-order chi connectivity index (χ1) is 12.3. The number of carbonyl (C=O) groups excluding carboxylic acids is 1. The van der Waals surface area contributed by atoms with Crippen LogP contribution in [0.4, 0.5) is 11.4 Å². The Labute approximate surface area is 155 Å². The first-order valence-electron chi connectivity index (χ1n) is 8.70. The van der Waals surface area contributed by atoms with Crippen molar-refractivity contribution in [3.05, 3.63) is 48.0 Å². The maximum absolute atomic E-state index is 12.3. The number of nitrogens with one attached hydrogen (secondary N) is 2. The Hall–Kier alpha value is -2.69. The molecule has 0 unspecified atom stereocenters. The zero-order valence-electron chi connectivity index (χ0n) is 16.2. The summed E-state index contributed by atoms with van der Waals surface area (Å²) < 4.78 is 10.5. The molecule has 1 amide bonds. The molecule has 2 rings (SSSR count). The molecule has 140 valence electrons. The summed E-state index contributed by atoms with van der Waals surface area (Å²) in [5.74, 6) is 1.31. The lowest BCUT2D eigenvalue weighted by molar-refractivity contribution is -0.115. The van der Waals surface area contributed by atoms with Gasteiger partial charge in [0.1, 0.15) is 0 Å². The zero-order valence-corrected chi connectivity index (χ0v) is 16.2. The molecule has 0 fully saturated rings. The van der Waals surface area contributed by atoms with Gasteiger partial charge in [-0.05, 0) is 29.2 Å². The standard InChI is InChI=1S/C21H28N2O3/c1-21(2,3)16-8-6-7-9-17(16)23-20(24)12-13-22-15-10-11-18(25-4)19(14-15)26-5/h6-11,14,22H,12-13H2,1-5H3,(H,23,24). The summed E-state index contributed by atoms with van der Waals surface area (Å²) in [6, 6.07) is 13.5. The van der Waals surface area contributed by atoms with Crippen LogP contribution in [0.15, 0.2) is 42.5 Å². The van der Waals surface area contributed by atoms with E-state index < -0.39 is 0 Å². The Bertz CT molecular complexity index is 751. The highest BCUT2D eigenvalue weighted by Crippen LogP contribution is 2.30. The van der Waals surface area contributed by atoms with Gasteiger partial charge in [0, 0.05) is 30.4 Å². The average molecular weight is 356 g/mol. The average Bonchev–Trinajstić information content (AvgIpc) is 2.61. The van der Waals surface area contributed by atoms with Crippen LogP contribution in [0.2, 0.25) is 0 Å². The first kappa shape index (κ1) is 19.6. The van der Waals surface area contributed by atoms with E-state index in [0.717, 1.165) is 16.9 Å². The number of hydrogen-bond acceptors (Lipinski definition) is 4. The highest BCUT2D eigenvalue weighted by atomic mass is 16.5. The first-order valence-corrected chi connectivity index (χ1v) is 8.70. The van der Waals surface area contributed by atoms with E-state index in [0.29, 0.717) is 24.5 Å². The van der Waals surface area contributed by atoms with Crippen molar-refractivity contribution in [2.75, 3.05) is 31.4 Å². The lowest BCUT2D eigenvalue weighted by atomic mass is 9.86. The molecule has 2 N–H and O–H groups in total. The molecule has 0 atom stereocenters. The quantitative estimate of drug-likeness (QED) is 0.770. The van der Waals surface area contributed by atoms with Crippen molar-refractivity contribution >= 4 is 17.3 Å². The second kappa shape index (κ2) is 8.61. The summed E-state index contributed by atoms with van der Waals surface area (Å²) in [4.78, 5) is 12.3. The number of methoxy groups -OCH3 is 2. The molecule has 0 radical (unpaired) electrons. The van der Waals surface area contributed by atoms with Gasteiger partial charge in [0.25, 0.3) is 0 Å².